The quantitative estimate of drug-likeness (QED) is 0.649. The van der Waals surface area contributed by atoms with Gasteiger partial charge in [0.1, 0.15) is 0 Å². The van der Waals surface area contributed by atoms with E-state index in [-0.39, 0.29) is 11.9 Å². The van der Waals surface area contributed by atoms with Crippen molar-refractivity contribution in [2.24, 2.45) is 5.73 Å². The summed E-state index contributed by atoms with van der Waals surface area (Å²) < 4.78 is 0. The fourth-order valence-corrected chi connectivity index (χ4v) is 1.25. The van der Waals surface area contributed by atoms with Crippen LogP contribution in [0.5, 0.6) is 0 Å². The summed E-state index contributed by atoms with van der Waals surface area (Å²) in [5.74, 6) is -0.225. The van der Waals surface area contributed by atoms with Crippen LogP contribution in [0.25, 0.3) is 0 Å². The van der Waals surface area contributed by atoms with E-state index in [0.717, 1.165) is 25.9 Å². The van der Waals surface area contributed by atoms with E-state index in [0.29, 0.717) is 0 Å². The Balaban J connectivity index is 3.98. The van der Waals surface area contributed by atoms with Gasteiger partial charge in [-0.05, 0) is 32.9 Å². The summed E-state index contributed by atoms with van der Waals surface area (Å²) in [7, 11) is 0. The molecule has 1 atom stereocenters. The number of primary amides is 1. The van der Waals surface area contributed by atoms with Gasteiger partial charge in [-0.3, -0.25) is 9.69 Å². The summed E-state index contributed by atoms with van der Waals surface area (Å²) in [5, 5.41) is 0. The van der Waals surface area contributed by atoms with E-state index in [1.807, 2.05) is 6.92 Å². The number of hydrogen-bond acceptors (Lipinski definition) is 2. The second-order valence-corrected chi connectivity index (χ2v) is 3.11. The SMILES string of the molecule is CCCN(CCC)C(C)C(N)=O. The number of nitrogens with two attached hydrogens (primary N) is 1. The first-order chi connectivity index (χ1) is 5.63. The summed E-state index contributed by atoms with van der Waals surface area (Å²) >= 11 is 0. The lowest BCUT2D eigenvalue weighted by Gasteiger charge is -2.25. The van der Waals surface area contributed by atoms with Crippen LogP contribution in [0, 0.1) is 0 Å². The van der Waals surface area contributed by atoms with Crippen LogP contribution < -0.4 is 5.73 Å². The van der Waals surface area contributed by atoms with Crippen molar-refractivity contribution in [1.29, 1.82) is 0 Å². The maximum atomic E-state index is 10.9. The van der Waals surface area contributed by atoms with E-state index in [1.165, 1.54) is 0 Å². The predicted molar refractivity (Wildman–Crippen MR) is 50.8 cm³/mol. The Morgan fingerprint density at radius 2 is 1.75 bits per heavy atom. The molecule has 72 valence electrons. The van der Waals surface area contributed by atoms with Crippen LogP contribution in [0.4, 0.5) is 0 Å². The smallest absolute Gasteiger partial charge is 0.234 e. The van der Waals surface area contributed by atoms with Crippen molar-refractivity contribution in [3.63, 3.8) is 0 Å². The molecule has 0 aromatic carbocycles. The standard InChI is InChI=1S/C9H20N2O/c1-4-6-11(7-5-2)8(3)9(10)12/h8H,4-7H2,1-3H3,(H2,10,12). The molecule has 1 amide bonds. The summed E-state index contributed by atoms with van der Waals surface area (Å²) in [6.45, 7) is 8.00. The molecule has 0 saturated heterocycles. The van der Waals surface area contributed by atoms with Gasteiger partial charge in [0, 0.05) is 0 Å². The second kappa shape index (κ2) is 6.00. The summed E-state index contributed by atoms with van der Waals surface area (Å²) in [6, 6.07) is -0.120. The van der Waals surface area contributed by atoms with Crippen molar-refractivity contribution >= 4 is 5.91 Å². The molecule has 0 saturated carbocycles. The first-order valence-electron chi connectivity index (χ1n) is 4.66. The number of amides is 1. The van der Waals surface area contributed by atoms with Gasteiger partial charge in [0.15, 0.2) is 0 Å². The zero-order chi connectivity index (χ0) is 9.56. The number of nitrogens with zero attached hydrogens (tertiary/aromatic N) is 1. The zero-order valence-electron chi connectivity index (χ0n) is 8.34. The van der Waals surface area contributed by atoms with Crippen molar-refractivity contribution in [2.75, 3.05) is 13.1 Å². The van der Waals surface area contributed by atoms with Crippen LogP contribution in [0.15, 0.2) is 0 Å². The van der Waals surface area contributed by atoms with Gasteiger partial charge >= 0.3 is 0 Å². The van der Waals surface area contributed by atoms with Gasteiger partial charge in [-0.1, -0.05) is 13.8 Å². The zero-order valence-corrected chi connectivity index (χ0v) is 8.34. The lowest BCUT2D eigenvalue weighted by atomic mass is 10.2. The Hall–Kier alpha value is -0.570. The molecule has 0 heterocycles. The largest absolute Gasteiger partial charge is 0.368 e. The minimum Gasteiger partial charge on any atom is -0.368 e. The van der Waals surface area contributed by atoms with Crippen LogP contribution in [-0.4, -0.2) is 29.9 Å². The van der Waals surface area contributed by atoms with Crippen molar-refractivity contribution in [2.45, 2.75) is 39.7 Å². The first kappa shape index (κ1) is 11.4. The van der Waals surface area contributed by atoms with Gasteiger partial charge in [-0.2, -0.15) is 0 Å². The molecule has 0 fully saturated rings. The molecule has 0 aromatic heterocycles. The summed E-state index contributed by atoms with van der Waals surface area (Å²) in [4.78, 5) is 13.0. The molecule has 0 radical (unpaired) electrons. The molecule has 0 aromatic rings. The maximum Gasteiger partial charge on any atom is 0.234 e. The molecule has 0 bridgehead atoms. The minimum atomic E-state index is -0.225. The van der Waals surface area contributed by atoms with Crippen LogP contribution >= 0.6 is 0 Å². The molecule has 1 unspecified atom stereocenters. The van der Waals surface area contributed by atoms with E-state index < -0.39 is 0 Å². The van der Waals surface area contributed by atoms with Crippen molar-refractivity contribution in [3.8, 4) is 0 Å². The van der Waals surface area contributed by atoms with Gasteiger partial charge in [-0.15, -0.1) is 0 Å². The van der Waals surface area contributed by atoms with Gasteiger partial charge in [0.2, 0.25) is 5.91 Å². The monoisotopic (exact) mass is 172 g/mol. The number of rotatable bonds is 6. The van der Waals surface area contributed by atoms with E-state index >= 15 is 0 Å². The molecule has 12 heavy (non-hydrogen) atoms. The molecule has 3 nitrogen and oxygen atoms in total. The van der Waals surface area contributed by atoms with Crippen molar-refractivity contribution in [3.05, 3.63) is 0 Å². The Morgan fingerprint density at radius 1 is 1.33 bits per heavy atom. The average Bonchev–Trinajstić information content (AvgIpc) is 2.03. The number of hydrogen-bond donors (Lipinski definition) is 1. The van der Waals surface area contributed by atoms with Crippen LogP contribution in [0.3, 0.4) is 0 Å². The fraction of sp³-hybridized carbons (Fsp3) is 0.889. The number of carbonyl (C=O) groups is 1. The first-order valence-corrected chi connectivity index (χ1v) is 4.66. The predicted octanol–water partition coefficient (Wildman–Crippen LogP) is 0.982. The van der Waals surface area contributed by atoms with E-state index in [2.05, 4.69) is 18.7 Å². The highest BCUT2D eigenvalue weighted by atomic mass is 16.1. The minimum absolute atomic E-state index is 0.120. The Kier molecular flexibility index (Phi) is 5.72. The van der Waals surface area contributed by atoms with Crippen LogP contribution in [0.2, 0.25) is 0 Å². The molecule has 2 N–H and O–H groups in total. The van der Waals surface area contributed by atoms with Crippen LogP contribution in [0.1, 0.15) is 33.6 Å². The van der Waals surface area contributed by atoms with Gasteiger partial charge in [0.05, 0.1) is 6.04 Å². The molecule has 0 aliphatic rings. The molecule has 0 spiro atoms. The third-order valence-electron chi connectivity index (χ3n) is 1.98. The normalized spacial score (nSPS) is 13.3. The molecular formula is C9H20N2O. The summed E-state index contributed by atoms with van der Waals surface area (Å²) in [6.07, 6.45) is 2.13. The van der Waals surface area contributed by atoms with Crippen molar-refractivity contribution in [1.82, 2.24) is 4.90 Å². The third kappa shape index (κ3) is 3.72. The lowest BCUT2D eigenvalue weighted by Crippen LogP contribution is -2.43. The molecule has 3 heteroatoms. The Morgan fingerprint density at radius 3 is 2.00 bits per heavy atom. The Bertz CT molecular complexity index is 130. The Labute approximate surface area is 74.9 Å². The maximum absolute atomic E-state index is 10.9. The van der Waals surface area contributed by atoms with E-state index in [9.17, 15) is 4.79 Å². The average molecular weight is 172 g/mol. The van der Waals surface area contributed by atoms with E-state index in [4.69, 9.17) is 5.73 Å². The van der Waals surface area contributed by atoms with Gasteiger partial charge < -0.3 is 5.73 Å². The van der Waals surface area contributed by atoms with E-state index in [1.54, 1.807) is 0 Å². The number of carbonyl (C=O) groups excluding carboxylic acids is 1. The summed E-state index contributed by atoms with van der Waals surface area (Å²) in [5.41, 5.74) is 5.22. The third-order valence-corrected chi connectivity index (χ3v) is 1.98. The molecule has 0 aliphatic heterocycles. The molecular weight excluding hydrogens is 152 g/mol. The highest BCUT2D eigenvalue weighted by Gasteiger charge is 2.16. The van der Waals surface area contributed by atoms with Crippen molar-refractivity contribution < 1.29 is 4.79 Å². The highest BCUT2D eigenvalue weighted by Crippen LogP contribution is 2.00. The topological polar surface area (TPSA) is 46.3 Å². The molecule has 0 aliphatic carbocycles. The van der Waals surface area contributed by atoms with Crippen LogP contribution in [-0.2, 0) is 4.79 Å². The van der Waals surface area contributed by atoms with Gasteiger partial charge in [0.25, 0.3) is 0 Å². The molecule has 0 rings (SSSR count). The fourth-order valence-electron chi connectivity index (χ4n) is 1.25. The lowest BCUT2D eigenvalue weighted by molar-refractivity contribution is -0.122. The highest BCUT2D eigenvalue weighted by molar-refractivity contribution is 5.79. The second-order valence-electron chi connectivity index (χ2n) is 3.11. The van der Waals surface area contributed by atoms with Gasteiger partial charge in [-0.25, -0.2) is 0 Å².